The average Bonchev–Trinajstić information content (AvgIpc) is 2.57. The van der Waals surface area contributed by atoms with E-state index in [1.165, 1.54) is 52.0 Å². The summed E-state index contributed by atoms with van der Waals surface area (Å²) in [5.41, 5.74) is 0. The fraction of sp³-hybridized carbons (Fsp3) is 1.00. The molecule has 1 unspecified atom stereocenters. The van der Waals surface area contributed by atoms with Crippen molar-refractivity contribution < 1.29 is 5.11 Å². The van der Waals surface area contributed by atoms with Crippen molar-refractivity contribution in [2.75, 3.05) is 59.0 Å². The zero-order chi connectivity index (χ0) is 11.9. The van der Waals surface area contributed by atoms with Gasteiger partial charge in [0.15, 0.2) is 0 Å². The maximum atomic E-state index is 8.97. The van der Waals surface area contributed by atoms with Gasteiger partial charge in [-0.05, 0) is 51.4 Å². The topological polar surface area (TPSA) is 38.7 Å². The molecule has 0 saturated carbocycles. The third-order valence-corrected chi connectivity index (χ3v) is 4.01. The number of hydrogen-bond donors (Lipinski definition) is 2. The molecule has 0 spiro atoms. The van der Waals surface area contributed by atoms with Gasteiger partial charge in [-0.15, -0.1) is 0 Å². The molecule has 2 rings (SSSR count). The Bertz CT molecular complexity index is 207. The summed E-state index contributed by atoms with van der Waals surface area (Å²) in [5.74, 6) is 0.855. The van der Waals surface area contributed by atoms with Crippen molar-refractivity contribution in [1.82, 2.24) is 15.1 Å². The van der Waals surface area contributed by atoms with Crippen LogP contribution in [-0.2, 0) is 0 Å². The van der Waals surface area contributed by atoms with Crippen molar-refractivity contribution in [3.05, 3.63) is 0 Å². The fourth-order valence-electron chi connectivity index (χ4n) is 3.02. The summed E-state index contributed by atoms with van der Waals surface area (Å²) in [7, 11) is 0. The Balaban J connectivity index is 1.70. The summed E-state index contributed by atoms with van der Waals surface area (Å²) in [4.78, 5) is 5.01. The molecular weight excluding hydrogens is 214 g/mol. The van der Waals surface area contributed by atoms with Crippen LogP contribution in [0.2, 0.25) is 0 Å². The standard InChI is InChI=1S/C13H27N3O/c17-10-9-15-5-2-6-16(8-7-15)12-13-3-1-4-14-11-13/h13-14,17H,1-12H2. The summed E-state index contributed by atoms with van der Waals surface area (Å²) in [6.45, 7) is 9.51. The van der Waals surface area contributed by atoms with Gasteiger partial charge in [-0.3, -0.25) is 4.90 Å². The number of nitrogens with one attached hydrogen (secondary N) is 1. The van der Waals surface area contributed by atoms with E-state index < -0.39 is 0 Å². The molecule has 0 radical (unpaired) electrons. The molecule has 2 N–H and O–H groups in total. The number of rotatable bonds is 4. The molecule has 2 saturated heterocycles. The SMILES string of the molecule is OCCN1CCCN(CC2CCCNC2)CC1. The van der Waals surface area contributed by atoms with Crippen LogP contribution in [0.3, 0.4) is 0 Å². The maximum absolute atomic E-state index is 8.97. The van der Waals surface area contributed by atoms with Crippen LogP contribution in [0.1, 0.15) is 19.3 Å². The first-order valence-corrected chi connectivity index (χ1v) is 7.15. The molecule has 0 bridgehead atoms. The number of hydrogen-bond acceptors (Lipinski definition) is 4. The molecule has 0 amide bonds. The molecule has 2 aliphatic rings. The number of nitrogens with zero attached hydrogens (tertiary/aromatic N) is 2. The quantitative estimate of drug-likeness (QED) is 0.726. The van der Waals surface area contributed by atoms with Gasteiger partial charge >= 0.3 is 0 Å². The molecule has 0 aliphatic carbocycles. The van der Waals surface area contributed by atoms with Gasteiger partial charge in [-0.1, -0.05) is 0 Å². The lowest BCUT2D eigenvalue weighted by Crippen LogP contribution is -2.40. The van der Waals surface area contributed by atoms with Crippen molar-refractivity contribution in [1.29, 1.82) is 0 Å². The van der Waals surface area contributed by atoms with E-state index in [0.29, 0.717) is 6.61 Å². The highest BCUT2D eigenvalue weighted by molar-refractivity contribution is 4.76. The number of β-amino-alcohol motifs (C(OH)–C–C–N with tert-alkyl or cyclic N) is 1. The Hall–Kier alpha value is -0.160. The Kier molecular flexibility index (Phi) is 5.71. The van der Waals surface area contributed by atoms with Crippen LogP contribution in [0.15, 0.2) is 0 Å². The molecule has 0 aromatic carbocycles. The third-order valence-electron chi connectivity index (χ3n) is 4.01. The van der Waals surface area contributed by atoms with Crippen molar-refractivity contribution in [3.63, 3.8) is 0 Å². The summed E-state index contributed by atoms with van der Waals surface area (Å²) in [6, 6.07) is 0. The zero-order valence-corrected chi connectivity index (χ0v) is 10.9. The van der Waals surface area contributed by atoms with Crippen LogP contribution in [0.5, 0.6) is 0 Å². The van der Waals surface area contributed by atoms with E-state index >= 15 is 0 Å². The molecule has 2 fully saturated rings. The lowest BCUT2D eigenvalue weighted by molar-refractivity contribution is 0.187. The van der Waals surface area contributed by atoms with E-state index in [4.69, 9.17) is 5.11 Å². The highest BCUT2D eigenvalue weighted by Gasteiger charge is 2.19. The van der Waals surface area contributed by atoms with Crippen LogP contribution in [-0.4, -0.2) is 73.9 Å². The van der Waals surface area contributed by atoms with Crippen molar-refractivity contribution >= 4 is 0 Å². The molecule has 4 heteroatoms. The first-order chi connectivity index (χ1) is 8.38. The summed E-state index contributed by atoms with van der Waals surface area (Å²) in [5, 5.41) is 12.5. The predicted octanol–water partition coefficient (Wildman–Crippen LogP) is -0.0140. The normalized spacial score (nSPS) is 29.1. The van der Waals surface area contributed by atoms with Gasteiger partial charge in [-0.25, -0.2) is 0 Å². The van der Waals surface area contributed by atoms with Gasteiger partial charge in [0.05, 0.1) is 6.61 Å². The first-order valence-electron chi connectivity index (χ1n) is 7.15. The van der Waals surface area contributed by atoms with Crippen LogP contribution in [0, 0.1) is 5.92 Å². The Morgan fingerprint density at radius 3 is 2.65 bits per heavy atom. The Morgan fingerprint density at radius 2 is 1.88 bits per heavy atom. The van der Waals surface area contributed by atoms with Crippen LogP contribution < -0.4 is 5.32 Å². The van der Waals surface area contributed by atoms with E-state index in [2.05, 4.69) is 15.1 Å². The second kappa shape index (κ2) is 7.31. The molecule has 4 nitrogen and oxygen atoms in total. The fourth-order valence-corrected chi connectivity index (χ4v) is 3.02. The van der Waals surface area contributed by atoms with E-state index in [1.807, 2.05) is 0 Å². The monoisotopic (exact) mass is 241 g/mol. The second-order valence-electron chi connectivity index (χ2n) is 5.43. The minimum atomic E-state index is 0.298. The van der Waals surface area contributed by atoms with E-state index in [0.717, 1.165) is 25.6 Å². The molecule has 2 aliphatic heterocycles. The van der Waals surface area contributed by atoms with Gasteiger partial charge in [0, 0.05) is 26.2 Å². The minimum absolute atomic E-state index is 0.298. The molecular formula is C13H27N3O. The molecule has 100 valence electrons. The van der Waals surface area contributed by atoms with Gasteiger partial charge < -0.3 is 15.3 Å². The molecule has 0 aromatic heterocycles. The maximum Gasteiger partial charge on any atom is 0.0558 e. The largest absolute Gasteiger partial charge is 0.395 e. The van der Waals surface area contributed by atoms with Gasteiger partial charge in [0.1, 0.15) is 0 Å². The molecule has 17 heavy (non-hydrogen) atoms. The van der Waals surface area contributed by atoms with Gasteiger partial charge in [0.2, 0.25) is 0 Å². The zero-order valence-electron chi connectivity index (χ0n) is 10.9. The first kappa shape index (κ1) is 13.3. The number of piperidine rings is 1. The molecule has 0 aromatic rings. The molecule has 2 heterocycles. The predicted molar refractivity (Wildman–Crippen MR) is 70.2 cm³/mol. The lowest BCUT2D eigenvalue weighted by Gasteiger charge is -2.29. The highest BCUT2D eigenvalue weighted by atomic mass is 16.3. The summed E-state index contributed by atoms with van der Waals surface area (Å²) >= 11 is 0. The summed E-state index contributed by atoms with van der Waals surface area (Å²) < 4.78 is 0. The number of aliphatic hydroxyl groups excluding tert-OH is 1. The molecule has 1 atom stereocenters. The van der Waals surface area contributed by atoms with Crippen LogP contribution in [0.25, 0.3) is 0 Å². The Labute approximate surface area is 105 Å². The van der Waals surface area contributed by atoms with Crippen LogP contribution >= 0.6 is 0 Å². The average molecular weight is 241 g/mol. The minimum Gasteiger partial charge on any atom is -0.395 e. The highest BCUT2D eigenvalue weighted by Crippen LogP contribution is 2.13. The summed E-state index contributed by atoms with van der Waals surface area (Å²) in [6.07, 6.45) is 3.99. The van der Waals surface area contributed by atoms with Gasteiger partial charge in [-0.2, -0.15) is 0 Å². The van der Waals surface area contributed by atoms with E-state index in [9.17, 15) is 0 Å². The van der Waals surface area contributed by atoms with Crippen molar-refractivity contribution in [2.45, 2.75) is 19.3 Å². The van der Waals surface area contributed by atoms with Gasteiger partial charge in [0.25, 0.3) is 0 Å². The smallest absolute Gasteiger partial charge is 0.0558 e. The number of aliphatic hydroxyl groups is 1. The van der Waals surface area contributed by atoms with E-state index in [1.54, 1.807) is 0 Å². The second-order valence-corrected chi connectivity index (χ2v) is 5.43. The van der Waals surface area contributed by atoms with Crippen molar-refractivity contribution in [3.8, 4) is 0 Å². The Morgan fingerprint density at radius 1 is 1.06 bits per heavy atom. The van der Waals surface area contributed by atoms with Crippen LogP contribution in [0.4, 0.5) is 0 Å². The lowest BCUT2D eigenvalue weighted by atomic mass is 9.99. The van der Waals surface area contributed by atoms with E-state index in [-0.39, 0.29) is 0 Å². The third kappa shape index (κ3) is 4.54. The van der Waals surface area contributed by atoms with Crippen molar-refractivity contribution in [2.24, 2.45) is 5.92 Å².